The molecule has 0 radical (unpaired) electrons. The molecule has 1 aliphatic heterocycles. The van der Waals surface area contributed by atoms with Crippen molar-refractivity contribution in [2.24, 2.45) is 5.92 Å². The quantitative estimate of drug-likeness (QED) is 0.608. The fourth-order valence-electron chi connectivity index (χ4n) is 2.75. The first-order chi connectivity index (χ1) is 12.5. The molecule has 26 heavy (non-hydrogen) atoms. The van der Waals surface area contributed by atoms with Crippen molar-refractivity contribution in [2.75, 3.05) is 18.6 Å². The molecule has 1 amide bonds. The summed E-state index contributed by atoms with van der Waals surface area (Å²) in [6.45, 7) is 0.210. The minimum atomic E-state index is -0.584. The van der Waals surface area contributed by atoms with Gasteiger partial charge in [0.05, 0.1) is 29.3 Å². The molecule has 2 aromatic carbocycles. The van der Waals surface area contributed by atoms with Crippen molar-refractivity contribution in [1.29, 1.82) is 0 Å². The number of nitrogens with zero attached hydrogens (tertiary/aromatic N) is 1. The molecule has 1 saturated heterocycles. The molecular formula is C19H16ClNO5. The van der Waals surface area contributed by atoms with E-state index in [1.807, 2.05) is 0 Å². The molecule has 1 aliphatic rings. The topological polar surface area (TPSA) is 72.9 Å². The van der Waals surface area contributed by atoms with Crippen molar-refractivity contribution in [2.45, 2.75) is 6.42 Å². The zero-order chi connectivity index (χ0) is 18.7. The van der Waals surface area contributed by atoms with Crippen LogP contribution in [-0.2, 0) is 14.3 Å². The first-order valence-corrected chi connectivity index (χ1v) is 8.32. The van der Waals surface area contributed by atoms with Crippen molar-refractivity contribution in [3.05, 3.63) is 59.1 Å². The SMILES string of the molecule is COC(=O)c1ccc(OC(=O)[C@@H]2CC(=O)N(c3ccccc3Cl)C2)cc1. The van der Waals surface area contributed by atoms with E-state index < -0.39 is 17.9 Å². The second-order valence-corrected chi connectivity index (χ2v) is 6.20. The van der Waals surface area contributed by atoms with Gasteiger partial charge in [0, 0.05) is 13.0 Å². The summed E-state index contributed by atoms with van der Waals surface area (Å²) in [4.78, 5) is 37.5. The average Bonchev–Trinajstić information content (AvgIpc) is 3.04. The highest BCUT2D eigenvalue weighted by molar-refractivity contribution is 6.33. The largest absolute Gasteiger partial charge is 0.465 e. The minimum absolute atomic E-state index is 0.0598. The highest BCUT2D eigenvalue weighted by Gasteiger charge is 2.37. The molecule has 0 saturated carbocycles. The highest BCUT2D eigenvalue weighted by Crippen LogP contribution is 2.31. The molecule has 3 rings (SSSR count). The Morgan fingerprint density at radius 2 is 1.81 bits per heavy atom. The molecule has 0 aliphatic carbocycles. The number of para-hydroxylation sites is 1. The highest BCUT2D eigenvalue weighted by atomic mass is 35.5. The van der Waals surface area contributed by atoms with Gasteiger partial charge in [-0.3, -0.25) is 9.59 Å². The van der Waals surface area contributed by atoms with Gasteiger partial charge in [-0.05, 0) is 36.4 Å². The Labute approximate surface area is 155 Å². The molecule has 0 N–H and O–H groups in total. The lowest BCUT2D eigenvalue weighted by Gasteiger charge is -2.17. The maximum atomic E-state index is 12.4. The number of carbonyl (C=O) groups excluding carboxylic acids is 3. The molecule has 0 unspecified atom stereocenters. The first kappa shape index (κ1) is 17.9. The molecule has 1 fully saturated rings. The van der Waals surface area contributed by atoms with Crippen molar-refractivity contribution in [1.82, 2.24) is 0 Å². The van der Waals surface area contributed by atoms with Crippen LogP contribution in [-0.4, -0.2) is 31.5 Å². The lowest BCUT2D eigenvalue weighted by Crippen LogP contribution is -2.27. The van der Waals surface area contributed by atoms with E-state index in [0.717, 1.165) is 0 Å². The van der Waals surface area contributed by atoms with Crippen LogP contribution in [0.3, 0.4) is 0 Å². The lowest BCUT2D eigenvalue weighted by atomic mass is 10.1. The number of methoxy groups -OCH3 is 1. The van der Waals surface area contributed by atoms with Gasteiger partial charge < -0.3 is 14.4 Å². The molecular weight excluding hydrogens is 358 g/mol. The predicted molar refractivity (Wildman–Crippen MR) is 95.3 cm³/mol. The molecule has 1 heterocycles. The summed E-state index contributed by atoms with van der Waals surface area (Å²) in [5.74, 6) is -1.44. The van der Waals surface area contributed by atoms with E-state index in [0.29, 0.717) is 22.0 Å². The van der Waals surface area contributed by atoms with E-state index in [2.05, 4.69) is 4.74 Å². The second-order valence-electron chi connectivity index (χ2n) is 5.79. The van der Waals surface area contributed by atoms with E-state index in [9.17, 15) is 14.4 Å². The normalized spacial score (nSPS) is 16.5. The summed E-state index contributed by atoms with van der Waals surface area (Å²) >= 11 is 6.13. The van der Waals surface area contributed by atoms with Crippen LogP contribution < -0.4 is 9.64 Å². The van der Waals surface area contributed by atoms with Crippen LogP contribution in [0, 0.1) is 5.92 Å². The summed E-state index contributed by atoms with van der Waals surface area (Å²) in [5, 5.41) is 0.452. The van der Waals surface area contributed by atoms with Gasteiger partial charge in [0.25, 0.3) is 0 Å². The molecule has 0 bridgehead atoms. The van der Waals surface area contributed by atoms with Gasteiger partial charge in [0.15, 0.2) is 0 Å². The molecule has 7 heteroatoms. The second kappa shape index (κ2) is 7.58. The number of amides is 1. The Balaban J connectivity index is 1.67. The summed E-state index contributed by atoms with van der Waals surface area (Å²) in [6, 6.07) is 13.0. The van der Waals surface area contributed by atoms with E-state index in [1.165, 1.54) is 36.3 Å². The zero-order valence-corrected chi connectivity index (χ0v) is 14.7. The number of rotatable bonds is 4. The Morgan fingerprint density at radius 3 is 2.46 bits per heavy atom. The van der Waals surface area contributed by atoms with Gasteiger partial charge >= 0.3 is 11.9 Å². The maximum absolute atomic E-state index is 12.4. The van der Waals surface area contributed by atoms with E-state index in [1.54, 1.807) is 24.3 Å². The fourth-order valence-corrected chi connectivity index (χ4v) is 2.98. The monoisotopic (exact) mass is 373 g/mol. The summed E-state index contributed by atoms with van der Waals surface area (Å²) < 4.78 is 9.94. The van der Waals surface area contributed by atoms with E-state index in [-0.39, 0.29) is 18.9 Å². The number of hydrogen-bond donors (Lipinski definition) is 0. The minimum Gasteiger partial charge on any atom is -0.465 e. The Hall–Kier alpha value is -2.86. The number of benzene rings is 2. The van der Waals surface area contributed by atoms with Crippen LogP contribution in [0.4, 0.5) is 5.69 Å². The number of ether oxygens (including phenoxy) is 2. The zero-order valence-electron chi connectivity index (χ0n) is 14.0. The number of hydrogen-bond acceptors (Lipinski definition) is 5. The van der Waals surface area contributed by atoms with Crippen LogP contribution in [0.5, 0.6) is 5.75 Å². The molecule has 134 valence electrons. The van der Waals surface area contributed by atoms with Gasteiger partial charge in [-0.2, -0.15) is 0 Å². The standard InChI is InChI=1S/C19H16ClNO5/c1-25-18(23)12-6-8-14(9-7-12)26-19(24)13-10-17(22)21(11-13)16-5-3-2-4-15(16)20/h2-9,13H,10-11H2,1H3/t13-/m1/s1. The first-order valence-electron chi connectivity index (χ1n) is 7.94. The number of esters is 2. The van der Waals surface area contributed by atoms with Crippen LogP contribution >= 0.6 is 11.6 Å². The van der Waals surface area contributed by atoms with Gasteiger partial charge in [0.1, 0.15) is 5.75 Å². The average molecular weight is 374 g/mol. The van der Waals surface area contributed by atoms with Crippen molar-refractivity contribution < 1.29 is 23.9 Å². The van der Waals surface area contributed by atoms with Crippen molar-refractivity contribution in [3.63, 3.8) is 0 Å². The summed E-state index contributed by atoms with van der Waals surface area (Å²) in [5.41, 5.74) is 0.935. The third-order valence-corrected chi connectivity index (χ3v) is 4.42. The molecule has 6 nitrogen and oxygen atoms in total. The van der Waals surface area contributed by atoms with Gasteiger partial charge in [-0.25, -0.2) is 4.79 Å². The van der Waals surface area contributed by atoms with Gasteiger partial charge in [0.2, 0.25) is 5.91 Å². The molecule has 2 aromatic rings. The van der Waals surface area contributed by atoms with E-state index in [4.69, 9.17) is 16.3 Å². The third-order valence-electron chi connectivity index (χ3n) is 4.10. The maximum Gasteiger partial charge on any atom is 0.337 e. The number of carbonyl (C=O) groups is 3. The smallest absolute Gasteiger partial charge is 0.337 e. The molecule has 0 spiro atoms. The number of halogens is 1. The Kier molecular flexibility index (Phi) is 5.23. The van der Waals surface area contributed by atoms with Gasteiger partial charge in [-0.15, -0.1) is 0 Å². The Bertz CT molecular complexity index is 849. The molecule has 0 aromatic heterocycles. The lowest BCUT2D eigenvalue weighted by molar-refractivity contribution is -0.139. The van der Waals surface area contributed by atoms with Crippen LogP contribution in [0.1, 0.15) is 16.8 Å². The van der Waals surface area contributed by atoms with Crippen molar-refractivity contribution >= 4 is 35.1 Å². The fraction of sp³-hybridized carbons (Fsp3) is 0.211. The van der Waals surface area contributed by atoms with Crippen LogP contribution in [0.15, 0.2) is 48.5 Å². The molecule has 1 atom stereocenters. The number of anilines is 1. The third kappa shape index (κ3) is 3.70. The van der Waals surface area contributed by atoms with Crippen LogP contribution in [0.25, 0.3) is 0 Å². The van der Waals surface area contributed by atoms with E-state index >= 15 is 0 Å². The van der Waals surface area contributed by atoms with Crippen molar-refractivity contribution in [3.8, 4) is 5.75 Å². The predicted octanol–water partition coefficient (Wildman–Crippen LogP) is 3.09. The summed E-state index contributed by atoms with van der Waals surface area (Å²) in [7, 11) is 1.29. The Morgan fingerprint density at radius 1 is 1.12 bits per heavy atom. The van der Waals surface area contributed by atoms with Crippen LogP contribution in [0.2, 0.25) is 5.02 Å². The summed E-state index contributed by atoms with van der Waals surface area (Å²) in [6.07, 6.45) is 0.0598. The van der Waals surface area contributed by atoms with Gasteiger partial charge in [-0.1, -0.05) is 23.7 Å².